The zero-order valence-corrected chi connectivity index (χ0v) is 18.0. The summed E-state index contributed by atoms with van der Waals surface area (Å²) in [6.45, 7) is 5.12. The first kappa shape index (κ1) is 22.3. The fourth-order valence-electron chi connectivity index (χ4n) is 3.97. The van der Waals surface area contributed by atoms with Crippen molar-refractivity contribution in [3.8, 4) is 5.75 Å². The molecule has 5 nitrogen and oxygen atoms in total. The molecule has 0 saturated carbocycles. The van der Waals surface area contributed by atoms with Gasteiger partial charge in [-0.05, 0) is 32.8 Å². The van der Waals surface area contributed by atoms with Gasteiger partial charge >= 0.3 is 0 Å². The number of benzene rings is 1. The Labute approximate surface area is 184 Å². The van der Waals surface area contributed by atoms with Crippen LogP contribution in [0, 0.1) is 5.82 Å². The van der Waals surface area contributed by atoms with Crippen LogP contribution in [-0.4, -0.2) is 34.5 Å². The van der Waals surface area contributed by atoms with Crippen LogP contribution < -0.4 is 4.74 Å². The van der Waals surface area contributed by atoms with E-state index in [0.29, 0.717) is 36.1 Å². The second-order valence-corrected chi connectivity index (χ2v) is 8.26. The Morgan fingerprint density at radius 2 is 2.00 bits per heavy atom. The number of halogens is 3. The molecule has 1 aromatic carbocycles. The Balaban J connectivity index is 1.68. The molecule has 3 heterocycles. The monoisotopic (exact) mass is 446 g/mol. The van der Waals surface area contributed by atoms with E-state index in [1.807, 2.05) is 24.4 Å². The van der Waals surface area contributed by atoms with Crippen molar-refractivity contribution < 1.29 is 27.4 Å². The zero-order chi connectivity index (χ0) is 22.8. The van der Waals surface area contributed by atoms with E-state index in [9.17, 15) is 18.0 Å². The van der Waals surface area contributed by atoms with Gasteiger partial charge in [0.15, 0.2) is 5.78 Å². The average Bonchev–Trinajstić information content (AvgIpc) is 3.17. The molecule has 0 N–H and O–H groups in total. The summed E-state index contributed by atoms with van der Waals surface area (Å²) in [4.78, 5) is 17.6. The molecule has 1 aliphatic heterocycles. The van der Waals surface area contributed by atoms with Gasteiger partial charge in [0.1, 0.15) is 17.2 Å². The minimum atomic E-state index is -2.99. The molecule has 0 unspecified atom stereocenters. The average molecular weight is 446 g/mol. The maximum absolute atomic E-state index is 14.5. The van der Waals surface area contributed by atoms with Gasteiger partial charge in [0.2, 0.25) is 0 Å². The van der Waals surface area contributed by atoms with Gasteiger partial charge in [0.05, 0.1) is 22.9 Å². The third kappa shape index (κ3) is 4.65. The van der Waals surface area contributed by atoms with Gasteiger partial charge in [-0.1, -0.05) is 12.1 Å². The van der Waals surface area contributed by atoms with Crippen LogP contribution >= 0.6 is 0 Å². The second kappa shape index (κ2) is 9.32. The van der Waals surface area contributed by atoms with Crippen LogP contribution in [0.2, 0.25) is 0 Å². The van der Waals surface area contributed by atoms with E-state index < -0.39 is 23.6 Å². The minimum Gasteiger partial charge on any atom is -0.491 e. The van der Waals surface area contributed by atoms with Gasteiger partial charge in [-0.2, -0.15) is 0 Å². The Bertz CT molecular complexity index is 1120. The van der Waals surface area contributed by atoms with Crippen LogP contribution in [0.15, 0.2) is 36.7 Å². The number of Topliss-reactive ketones (excluding diaryl/α,β-unsaturated/α-hetero) is 1. The van der Waals surface area contributed by atoms with E-state index in [4.69, 9.17) is 14.5 Å². The highest BCUT2D eigenvalue weighted by Gasteiger charge is 2.23. The van der Waals surface area contributed by atoms with Crippen LogP contribution in [0.4, 0.5) is 13.2 Å². The van der Waals surface area contributed by atoms with Crippen molar-refractivity contribution >= 4 is 11.4 Å². The molecule has 170 valence electrons. The van der Waals surface area contributed by atoms with Gasteiger partial charge in [0, 0.05) is 49.6 Å². The van der Waals surface area contributed by atoms with E-state index in [1.165, 1.54) is 12.1 Å². The number of imidazole rings is 1. The summed E-state index contributed by atoms with van der Waals surface area (Å²) < 4.78 is 53.7. The van der Waals surface area contributed by atoms with Gasteiger partial charge in [0.25, 0.3) is 6.43 Å². The van der Waals surface area contributed by atoms with Crippen molar-refractivity contribution in [2.45, 2.75) is 51.6 Å². The summed E-state index contributed by atoms with van der Waals surface area (Å²) >= 11 is 0. The lowest BCUT2D eigenvalue weighted by Gasteiger charge is -2.19. The number of aromatic nitrogens is 2. The molecule has 32 heavy (non-hydrogen) atoms. The van der Waals surface area contributed by atoms with Crippen molar-refractivity contribution in [3.63, 3.8) is 0 Å². The predicted molar refractivity (Wildman–Crippen MR) is 113 cm³/mol. The SMILES string of the molecule is CC(C)Oc1cc2nc(C3CCOCC3)cn2cc1CC(=O)c1cccc(C(F)F)c1F. The molecule has 0 atom stereocenters. The number of carbonyl (C=O) groups is 1. The summed E-state index contributed by atoms with van der Waals surface area (Å²) in [6.07, 6.45) is 2.12. The van der Waals surface area contributed by atoms with E-state index in [1.54, 1.807) is 12.3 Å². The summed E-state index contributed by atoms with van der Waals surface area (Å²) in [5.74, 6) is -1.00. The molecule has 0 bridgehead atoms. The van der Waals surface area contributed by atoms with E-state index in [-0.39, 0.29) is 18.1 Å². The third-order valence-corrected chi connectivity index (χ3v) is 5.57. The molecule has 4 rings (SSSR count). The first-order chi connectivity index (χ1) is 15.3. The summed E-state index contributed by atoms with van der Waals surface area (Å²) in [5, 5.41) is 0. The zero-order valence-electron chi connectivity index (χ0n) is 18.0. The first-order valence-electron chi connectivity index (χ1n) is 10.7. The highest BCUT2D eigenvalue weighted by atomic mass is 19.3. The van der Waals surface area contributed by atoms with E-state index >= 15 is 0 Å². The Morgan fingerprint density at radius 3 is 2.69 bits per heavy atom. The molecule has 3 aromatic rings. The van der Waals surface area contributed by atoms with Gasteiger partial charge in [-0.15, -0.1) is 0 Å². The lowest BCUT2D eigenvalue weighted by molar-refractivity contribution is 0.0846. The van der Waals surface area contributed by atoms with E-state index in [0.717, 1.165) is 24.6 Å². The van der Waals surface area contributed by atoms with Crippen LogP contribution in [0.3, 0.4) is 0 Å². The molecule has 2 aromatic heterocycles. The fourth-order valence-corrected chi connectivity index (χ4v) is 3.97. The van der Waals surface area contributed by atoms with Crippen LogP contribution in [0.5, 0.6) is 5.75 Å². The lowest BCUT2D eigenvalue weighted by atomic mass is 9.97. The van der Waals surface area contributed by atoms with Crippen molar-refractivity contribution in [1.29, 1.82) is 0 Å². The second-order valence-electron chi connectivity index (χ2n) is 8.26. The number of nitrogens with zero attached hydrogens (tertiary/aromatic N) is 2. The van der Waals surface area contributed by atoms with Crippen molar-refractivity contribution in [1.82, 2.24) is 9.38 Å². The molecule has 0 aliphatic carbocycles. The molecule has 0 spiro atoms. The highest BCUT2D eigenvalue weighted by Crippen LogP contribution is 2.30. The number of fused-ring (bicyclic) bond motifs is 1. The minimum absolute atomic E-state index is 0.157. The first-order valence-corrected chi connectivity index (χ1v) is 10.7. The van der Waals surface area contributed by atoms with Crippen LogP contribution in [0.1, 0.15) is 66.2 Å². The molecule has 1 aliphatic rings. The lowest BCUT2D eigenvalue weighted by Crippen LogP contribution is -2.14. The van der Waals surface area contributed by atoms with Crippen molar-refractivity contribution in [2.75, 3.05) is 13.2 Å². The molecular weight excluding hydrogens is 421 g/mol. The summed E-state index contributed by atoms with van der Waals surface area (Å²) in [7, 11) is 0. The van der Waals surface area contributed by atoms with Gasteiger partial charge in [-0.3, -0.25) is 4.79 Å². The molecule has 8 heteroatoms. The number of rotatable bonds is 7. The number of carbonyl (C=O) groups excluding carboxylic acids is 1. The number of ketones is 1. The number of alkyl halides is 2. The third-order valence-electron chi connectivity index (χ3n) is 5.57. The van der Waals surface area contributed by atoms with Crippen molar-refractivity contribution in [3.05, 3.63) is 64.9 Å². The number of hydrogen-bond donors (Lipinski definition) is 0. The van der Waals surface area contributed by atoms with Crippen molar-refractivity contribution in [2.24, 2.45) is 0 Å². The van der Waals surface area contributed by atoms with E-state index in [2.05, 4.69) is 0 Å². The van der Waals surface area contributed by atoms with Crippen LogP contribution in [0.25, 0.3) is 5.65 Å². The van der Waals surface area contributed by atoms with Gasteiger partial charge < -0.3 is 13.9 Å². The van der Waals surface area contributed by atoms with Crippen LogP contribution in [-0.2, 0) is 11.2 Å². The normalized spacial score (nSPS) is 15.1. The highest BCUT2D eigenvalue weighted by molar-refractivity contribution is 5.98. The Morgan fingerprint density at radius 1 is 1.25 bits per heavy atom. The number of hydrogen-bond acceptors (Lipinski definition) is 4. The largest absolute Gasteiger partial charge is 0.491 e. The number of ether oxygens (including phenoxy) is 2. The molecule has 1 saturated heterocycles. The quantitative estimate of drug-likeness (QED) is 0.449. The maximum Gasteiger partial charge on any atom is 0.266 e. The van der Waals surface area contributed by atoms with Gasteiger partial charge in [-0.25, -0.2) is 18.2 Å². The number of pyridine rings is 1. The summed E-state index contributed by atoms with van der Waals surface area (Å²) in [6, 6.07) is 5.24. The Kier molecular flexibility index (Phi) is 6.50. The predicted octanol–water partition coefficient (Wildman–Crippen LogP) is 5.52. The molecule has 0 radical (unpaired) electrons. The fraction of sp³-hybridized carbons (Fsp3) is 0.417. The maximum atomic E-state index is 14.5. The topological polar surface area (TPSA) is 52.8 Å². The standard InChI is InChI=1S/C24H25F3N2O3/c1-14(2)32-21-11-22-28-19(15-6-8-31-9-7-15)13-29(22)12-16(21)10-20(30)17-4-3-5-18(23(17)25)24(26)27/h3-5,11-15,24H,6-10H2,1-2H3. The smallest absolute Gasteiger partial charge is 0.266 e. The molecule has 1 fully saturated rings. The Hall–Kier alpha value is -2.87. The molecule has 0 amide bonds. The summed E-state index contributed by atoms with van der Waals surface area (Å²) in [5.41, 5.74) is 1.04. The molecular formula is C24H25F3N2O3.